The van der Waals surface area contributed by atoms with E-state index in [2.05, 4.69) is 10.6 Å². The van der Waals surface area contributed by atoms with Crippen molar-refractivity contribution in [1.82, 2.24) is 4.90 Å². The van der Waals surface area contributed by atoms with Gasteiger partial charge in [-0.2, -0.15) is 0 Å². The van der Waals surface area contributed by atoms with Crippen LogP contribution in [-0.4, -0.2) is 36.3 Å². The maximum absolute atomic E-state index is 12.7. The molecule has 7 heteroatoms. The average Bonchev–Trinajstić information content (AvgIpc) is 2.68. The zero-order chi connectivity index (χ0) is 20.8. The highest BCUT2D eigenvalue weighted by atomic mass is 16.5. The summed E-state index contributed by atoms with van der Waals surface area (Å²) in [5.74, 6) is -0.637. The molecular weight excluding hydrogens is 370 g/mol. The monoisotopic (exact) mass is 393 g/mol. The molecule has 0 radical (unpaired) electrons. The smallest absolute Gasteiger partial charge is 0.250 e. The van der Waals surface area contributed by atoms with Crippen LogP contribution in [0.25, 0.3) is 6.08 Å². The number of amides is 3. The van der Waals surface area contributed by atoms with Crippen LogP contribution in [0.5, 0.6) is 0 Å². The van der Waals surface area contributed by atoms with Crippen LogP contribution in [0, 0.1) is 0 Å². The van der Waals surface area contributed by atoms with Crippen LogP contribution in [0.15, 0.2) is 54.7 Å². The fourth-order valence-electron chi connectivity index (χ4n) is 3.30. The molecule has 0 saturated heterocycles. The Morgan fingerprint density at radius 1 is 1.00 bits per heavy atom. The molecule has 1 aliphatic rings. The van der Waals surface area contributed by atoms with E-state index in [0.717, 1.165) is 11.1 Å². The Morgan fingerprint density at radius 3 is 2.38 bits per heavy atom. The summed E-state index contributed by atoms with van der Waals surface area (Å²) in [4.78, 5) is 38.0. The summed E-state index contributed by atoms with van der Waals surface area (Å²) in [6.07, 6.45) is 3.70. The molecule has 1 heterocycles. The number of rotatable bonds is 6. The molecule has 1 atom stereocenters. The zero-order valence-corrected chi connectivity index (χ0v) is 16.3. The van der Waals surface area contributed by atoms with Crippen molar-refractivity contribution in [2.75, 3.05) is 24.4 Å². The molecule has 7 nitrogen and oxygen atoms in total. The number of hydrogen-bond donors (Lipinski definition) is 2. The Balaban J connectivity index is 1.72. The van der Waals surface area contributed by atoms with E-state index in [9.17, 15) is 14.4 Å². The standard InChI is InChI=1S/C22H23N3O4/c1-15(26)25-11-10-16-6-3-4-9-19(16)20(25)13-21(27)23-17-7-5-8-18(12-17)24-22(28)14-29-2/h3-12,20H,13-14H2,1-2H3,(H,23,27)(H,24,28)/t20-/m1/s1. The second kappa shape index (κ2) is 9.16. The summed E-state index contributed by atoms with van der Waals surface area (Å²) in [5, 5.41) is 5.54. The fraction of sp³-hybridized carbons (Fsp3) is 0.227. The van der Waals surface area contributed by atoms with Gasteiger partial charge in [-0.05, 0) is 35.4 Å². The molecule has 3 rings (SSSR count). The third-order valence-electron chi connectivity index (χ3n) is 4.55. The van der Waals surface area contributed by atoms with Crippen LogP contribution in [-0.2, 0) is 19.1 Å². The minimum atomic E-state index is -0.377. The molecule has 0 saturated carbocycles. The van der Waals surface area contributed by atoms with Gasteiger partial charge in [-0.1, -0.05) is 30.3 Å². The molecule has 29 heavy (non-hydrogen) atoms. The van der Waals surface area contributed by atoms with E-state index in [1.165, 1.54) is 14.0 Å². The van der Waals surface area contributed by atoms with Crippen LogP contribution in [0.4, 0.5) is 11.4 Å². The number of nitrogens with zero attached hydrogens (tertiary/aromatic N) is 1. The summed E-state index contributed by atoms with van der Waals surface area (Å²) in [7, 11) is 1.44. The predicted octanol–water partition coefficient (Wildman–Crippen LogP) is 3.17. The van der Waals surface area contributed by atoms with Gasteiger partial charge in [-0.3, -0.25) is 14.4 Å². The molecule has 2 aromatic rings. The average molecular weight is 393 g/mol. The maximum atomic E-state index is 12.7. The van der Waals surface area contributed by atoms with Crippen LogP contribution in [0.3, 0.4) is 0 Å². The quantitative estimate of drug-likeness (QED) is 0.789. The number of benzene rings is 2. The summed E-state index contributed by atoms with van der Waals surface area (Å²) in [6, 6.07) is 14.2. The van der Waals surface area contributed by atoms with Gasteiger partial charge in [0, 0.05) is 31.6 Å². The van der Waals surface area contributed by atoms with Gasteiger partial charge in [0.1, 0.15) is 6.61 Å². The summed E-state index contributed by atoms with van der Waals surface area (Å²) in [5.41, 5.74) is 3.03. The van der Waals surface area contributed by atoms with Gasteiger partial charge < -0.3 is 20.3 Å². The number of carbonyl (C=O) groups is 3. The Kier molecular flexibility index (Phi) is 6.41. The molecule has 2 N–H and O–H groups in total. The van der Waals surface area contributed by atoms with Crippen molar-refractivity contribution in [3.63, 3.8) is 0 Å². The molecule has 0 aliphatic carbocycles. The lowest BCUT2D eigenvalue weighted by Gasteiger charge is -2.32. The van der Waals surface area contributed by atoms with Gasteiger partial charge >= 0.3 is 0 Å². The molecule has 1 aliphatic heterocycles. The minimum Gasteiger partial charge on any atom is -0.375 e. The fourth-order valence-corrected chi connectivity index (χ4v) is 3.30. The molecule has 0 aromatic heterocycles. The first-order valence-electron chi connectivity index (χ1n) is 9.22. The second-order valence-corrected chi connectivity index (χ2v) is 6.70. The molecular formula is C22H23N3O4. The lowest BCUT2D eigenvalue weighted by molar-refractivity contribution is -0.129. The maximum Gasteiger partial charge on any atom is 0.250 e. The SMILES string of the molecule is COCC(=O)Nc1cccc(NC(=O)C[C@@H]2c3ccccc3C=CN2C(C)=O)c1. The summed E-state index contributed by atoms with van der Waals surface area (Å²) in [6.45, 7) is 1.43. The first-order chi connectivity index (χ1) is 14.0. The van der Waals surface area contributed by atoms with Crippen LogP contribution >= 0.6 is 0 Å². The number of fused-ring (bicyclic) bond motifs is 1. The zero-order valence-electron chi connectivity index (χ0n) is 16.3. The van der Waals surface area contributed by atoms with Crippen LogP contribution in [0.2, 0.25) is 0 Å². The summed E-state index contributed by atoms with van der Waals surface area (Å²) >= 11 is 0. The number of nitrogens with one attached hydrogen (secondary N) is 2. The largest absolute Gasteiger partial charge is 0.375 e. The summed E-state index contributed by atoms with van der Waals surface area (Å²) < 4.78 is 4.79. The first-order valence-corrected chi connectivity index (χ1v) is 9.22. The second-order valence-electron chi connectivity index (χ2n) is 6.70. The van der Waals surface area contributed by atoms with Crippen molar-refractivity contribution in [1.29, 1.82) is 0 Å². The minimum absolute atomic E-state index is 0.0495. The number of hydrogen-bond acceptors (Lipinski definition) is 4. The molecule has 0 bridgehead atoms. The van der Waals surface area contributed by atoms with E-state index in [1.54, 1.807) is 35.4 Å². The van der Waals surface area contributed by atoms with Gasteiger partial charge in [0.05, 0.1) is 12.5 Å². The topological polar surface area (TPSA) is 87.7 Å². The lowest BCUT2D eigenvalue weighted by Crippen LogP contribution is -2.33. The van der Waals surface area contributed by atoms with Gasteiger partial charge in [-0.15, -0.1) is 0 Å². The predicted molar refractivity (Wildman–Crippen MR) is 111 cm³/mol. The van der Waals surface area contributed by atoms with E-state index in [4.69, 9.17) is 4.74 Å². The number of ether oxygens (including phenoxy) is 1. The third kappa shape index (κ3) is 5.08. The number of methoxy groups -OCH3 is 1. The Bertz CT molecular complexity index is 955. The Morgan fingerprint density at radius 2 is 1.69 bits per heavy atom. The van der Waals surface area contributed by atoms with Crippen molar-refractivity contribution in [3.05, 3.63) is 65.9 Å². The Labute approximate surface area is 169 Å². The van der Waals surface area contributed by atoms with Gasteiger partial charge in [-0.25, -0.2) is 0 Å². The Hall–Kier alpha value is -3.45. The highest BCUT2D eigenvalue weighted by Crippen LogP contribution is 2.33. The van der Waals surface area contributed by atoms with Crippen molar-refractivity contribution < 1.29 is 19.1 Å². The highest BCUT2D eigenvalue weighted by Gasteiger charge is 2.28. The van der Waals surface area contributed by atoms with Crippen molar-refractivity contribution in [2.45, 2.75) is 19.4 Å². The highest BCUT2D eigenvalue weighted by molar-refractivity contribution is 5.95. The first kappa shape index (κ1) is 20.3. The molecule has 0 fully saturated rings. The van der Waals surface area contributed by atoms with E-state index in [-0.39, 0.29) is 36.8 Å². The van der Waals surface area contributed by atoms with Crippen LogP contribution < -0.4 is 10.6 Å². The van der Waals surface area contributed by atoms with E-state index >= 15 is 0 Å². The normalized spacial score (nSPS) is 14.8. The number of anilines is 2. The molecule has 150 valence electrons. The van der Waals surface area contributed by atoms with Crippen molar-refractivity contribution in [3.8, 4) is 0 Å². The van der Waals surface area contributed by atoms with Gasteiger partial charge in [0.2, 0.25) is 17.7 Å². The van der Waals surface area contributed by atoms with Gasteiger partial charge in [0.15, 0.2) is 0 Å². The molecule has 0 spiro atoms. The van der Waals surface area contributed by atoms with E-state index in [1.807, 2.05) is 30.3 Å². The molecule has 0 unspecified atom stereocenters. The van der Waals surface area contributed by atoms with Crippen molar-refractivity contribution >= 4 is 35.2 Å². The molecule has 2 aromatic carbocycles. The van der Waals surface area contributed by atoms with Crippen molar-refractivity contribution in [2.24, 2.45) is 0 Å². The van der Waals surface area contributed by atoms with E-state index in [0.29, 0.717) is 11.4 Å². The lowest BCUT2D eigenvalue weighted by atomic mass is 9.93. The van der Waals surface area contributed by atoms with E-state index < -0.39 is 0 Å². The molecule has 3 amide bonds. The number of carbonyl (C=O) groups excluding carboxylic acids is 3. The van der Waals surface area contributed by atoms with Gasteiger partial charge in [0.25, 0.3) is 0 Å². The van der Waals surface area contributed by atoms with Crippen LogP contribution in [0.1, 0.15) is 30.5 Å². The third-order valence-corrected chi connectivity index (χ3v) is 4.55.